The first-order valence-corrected chi connectivity index (χ1v) is 21.5. The summed E-state index contributed by atoms with van der Waals surface area (Å²) in [5, 5.41) is 6.84. The number of hydrogen-bond acceptors (Lipinski definition) is 12. The lowest BCUT2D eigenvalue weighted by Gasteiger charge is -2.29. The number of nitrogens with zero attached hydrogens (tertiary/aromatic N) is 2. The van der Waals surface area contributed by atoms with E-state index in [4.69, 9.17) is 33.5 Å². The third-order valence-corrected chi connectivity index (χ3v) is 9.84. The van der Waals surface area contributed by atoms with E-state index in [2.05, 4.69) is 43.5 Å². The first kappa shape index (κ1) is 47.1. The maximum absolute atomic E-state index is 13.5. The molecule has 1 atom stereocenters. The van der Waals surface area contributed by atoms with Gasteiger partial charge in [0, 0.05) is 17.7 Å². The Labute approximate surface area is 369 Å². The molecule has 12 nitrogen and oxygen atoms in total. The number of hydrogen-bond donors (Lipinski definition) is 0. The molecule has 2 aliphatic carbocycles. The molecule has 0 spiro atoms. The van der Waals surface area contributed by atoms with E-state index < -0.39 is 23.9 Å². The smallest absolute Gasteiger partial charge is 0.343 e. The molecule has 0 aliphatic heterocycles. The number of allylic oxidation sites excluding steroid dienone is 5. The van der Waals surface area contributed by atoms with E-state index in [0.717, 1.165) is 88.5 Å². The molecule has 0 amide bonds. The maximum Gasteiger partial charge on any atom is 0.343 e. The monoisotopic (exact) mass is 856 g/mol. The summed E-state index contributed by atoms with van der Waals surface area (Å²) in [4.78, 5) is 49.1. The minimum absolute atomic E-state index is 0.0329. The summed E-state index contributed by atoms with van der Waals surface area (Å²) in [6.07, 6.45) is 27.9. The summed E-state index contributed by atoms with van der Waals surface area (Å²) in [5.41, 5.74) is 2.03. The third kappa shape index (κ3) is 16.4. The van der Waals surface area contributed by atoms with Crippen LogP contribution in [0, 0.1) is 0 Å². The molecule has 2 aliphatic rings. The molecule has 5 rings (SSSR count). The molecule has 0 saturated carbocycles. The molecule has 3 aromatic carbocycles. The first-order chi connectivity index (χ1) is 30.8. The molecule has 3 aromatic rings. The minimum Gasteiger partial charge on any atom is -0.494 e. The van der Waals surface area contributed by atoms with Gasteiger partial charge in [0.2, 0.25) is 0 Å². The summed E-state index contributed by atoms with van der Waals surface area (Å²) in [6, 6.07) is 18.2. The molecular weight excluding hydrogens is 801 g/mol. The molecule has 0 N–H and O–H groups in total. The zero-order chi connectivity index (χ0) is 44.5. The van der Waals surface area contributed by atoms with Gasteiger partial charge < -0.3 is 28.4 Å². The number of hydrazone groups is 1. The van der Waals surface area contributed by atoms with Crippen LogP contribution < -0.4 is 18.9 Å². The van der Waals surface area contributed by atoms with Crippen molar-refractivity contribution < 1.29 is 47.6 Å². The average Bonchev–Trinajstić information content (AvgIpc) is 3.32. The molecule has 1 unspecified atom stereocenters. The Balaban J connectivity index is 1.21. The van der Waals surface area contributed by atoms with Crippen LogP contribution in [0.25, 0.3) is 0 Å². The maximum atomic E-state index is 13.5. The van der Waals surface area contributed by atoms with Crippen molar-refractivity contribution in [1.82, 2.24) is 5.01 Å². The summed E-state index contributed by atoms with van der Waals surface area (Å²) in [6.45, 7) is 8.54. The van der Waals surface area contributed by atoms with E-state index in [1.807, 2.05) is 17.2 Å². The Morgan fingerprint density at radius 1 is 0.635 bits per heavy atom. The Bertz CT molecular complexity index is 2150. The number of carbonyl (C=O) groups is 4. The number of ether oxygens (including phenoxy) is 6. The fourth-order valence-electron chi connectivity index (χ4n) is 6.43. The van der Waals surface area contributed by atoms with Gasteiger partial charge in [-0.3, -0.25) is 5.01 Å². The molecule has 0 aromatic heterocycles. The van der Waals surface area contributed by atoms with Gasteiger partial charge in [-0.2, -0.15) is 5.10 Å². The lowest BCUT2D eigenvalue weighted by Crippen LogP contribution is -2.29. The highest BCUT2D eigenvalue weighted by Gasteiger charge is 2.20. The van der Waals surface area contributed by atoms with Gasteiger partial charge in [0.05, 0.1) is 55.5 Å². The van der Waals surface area contributed by atoms with Crippen LogP contribution in [0.15, 0.2) is 145 Å². The molecule has 330 valence electrons. The number of esters is 4. The second-order valence-electron chi connectivity index (χ2n) is 14.6. The van der Waals surface area contributed by atoms with Crippen LogP contribution in [0.2, 0.25) is 0 Å². The van der Waals surface area contributed by atoms with Crippen molar-refractivity contribution in [2.24, 2.45) is 5.10 Å². The fourth-order valence-corrected chi connectivity index (χ4v) is 6.43. The minimum atomic E-state index is -0.581. The third-order valence-electron chi connectivity index (χ3n) is 9.84. The van der Waals surface area contributed by atoms with Crippen molar-refractivity contribution in [3.63, 3.8) is 0 Å². The van der Waals surface area contributed by atoms with Crippen molar-refractivity contribution in [3.8, 4) is 23.0 Å². The van der Waals surface area contributed by atoms with E-state index in [0.29, 0.717) is 54.6 Å². The van der Waals surface area contributed by atoms with Crippen molar-refractivity contribution in [1.29, 1.82) is 0 Å². The van der Waals surface area contributed by atoms with Crippen LogP contribution >= 0.6 is 0 Å². The van der Waals surface area contributed by atoms with E-state index in [1.54, 1.807) is 72.9 Å². The average molecular weight is 857 g/mol. The summed E-state index contributed by atoms with van der Waals surface area (Å²) < 4.78 is 33.5. The molecule has 12 heteroatoms. The summed E-state index contributed by atoms with van der Waals surface area (Å²) in [7, 11) is 0. The predicted molar refractivity (Wildman–Crippen MR) is 242 cm³/mol. The van der Waals surface area contributed by atoms with Gasteiger partial charge in [0.15, 0.2) is 0 Å². The quantitative estimate of drug-likeness (QED) is 0.0190. The zero-order valence-electron chi connectivity index (χ0n) is 35.7. The molecule has 0 fully saturated rings. The normalized spacial score (nSPS) is 14.0. The molecule has 63 heavy (non-hydrogen) atoms. The SMILES string of the molecule is C=CC(=O)OCCCCCCOc1ccc(C(=O)Oc2ccc(OC(=O)c3ccc(OCCCCCCOC(=O)C=C)cc3)c(/C=N/N(C3=CCCC=C3)C3C=CC=CC3)c2)cc1. The number of rotatable bonds is 26. The lowest BCUT2D eigenvalue weighted by molar-refractivity contribution is -0.138. The molecule has 0 bridgehead atoms. The van der Waals surface area contributed by atoms with Crippen molar-refractivity contribution in [3.05, 3.63) is 157 Å². The Morgan fingerprint density at radius 3 is 1.71 bits per heavy atom. The van der Waals surface area contributed by atoms with E-state index in [-0.39, 0.29) is 17.5 Å². The Hall–Kier alpha value is -6.95. The van der Waals surface area contributed by atoms with E-state index >= 15 is 0 Å². The fraction of sp³-hybridized carbons (Fsp3) is 0.314. The van der Waals surface area contributed by atoms with Crippen molar-refractivity contribution in [2.45, 2.75) is 76.7 Å². The topological polar surface area (TPSA) is 139 Å². The van der Waals surface area contributed by atoms with Crippen LogP contribution in [0.3, 0.4) is 0 Å². The van der Waals surface area contributed by atoms with Gasteiger partial charge in [-0.05, 0) is 143 Å². The van der Waals surface area contributed by atoms with Crippen molar-refractivity contribution >= 4 is 30.1 Å². The lowest BCUT2D eigenvalue weighted by atomic mass is 10.1. The standard InChI is InChI=1S/C51H56N2O10/c1-3-48(54)60-35-17-7-5-15-33-58-44-27-23-39(24-28-44)50(56)62-46-31-32-47(41(37-46)38-52-53(42-19-11-9-12-20-42)43-21-13-10-14-22-43)63-51(57)40-25-29-45(30-26-40)59-34-16-6-8-18-36-61-49(55)4-2/h3-4,9,11-13,19,21-32,37-38,42H,1-2,5-8,10,14-18,20,33-36H2/b52-38+. The molecule has 0 heterocycles. The molecular formula is C51H56N2O10. The highest BCUT2D eigenvalue weighted by atomic mass is 16.5. The molecule has 0 radical (unpaired) electrons. The zero-order valence-corrected chi connectivity index (χ0v) is 35.7. The number of carbonyl (C=O) groups excluding carboxylic acids is 4. The first-order valence-electron chi connectivity index (χ1n) is 21.5. The Morgan fingerprint density at radius 2 is 1.19 bits per heavy atom. The van der Waals surface area contributed by atoms with Gasteiger partial charge in [-0.1, -0.05) is 49.6 Å². The number of unbranched alkanes of at least 4 members (excludes halogenated alkanes) is 6. The van der Waals surface area contributed by atoms with Crippen LogP contribution in [-0.2, 0) is 19.1 Å². The highest BCUT2D eigenvalue weighted by Crippen LogP contribution is 2.28. The second kappa shape index (κ2) is 26.4. The summed E-state index contributed by atoms with van der Waals surface area (Å²) in [5.74, 6) is -0.258. The van der Waals surface area contributed by atoms with Crippen LogP contribution in [0.5, 0.6) is 23.0 Å². The Kier molecular flexibility index (Phi) is 19.7. The van der Waals surface area contributed by atoms with Gasteiger partial charge >= 0.3 is 23.9 Å². The van der Waals surface area contributed by atoms with Gasteiger partial charge in [-0.15, -0.1) is 0 Å². The van der Waals surface area contributed by atoms with Crippen molar-refractivity contribution in [2.75, 3.05) is 26.4 Å². The van der Waals surface area contributed by atoms with Crippen LogP contribution in [0.4, 0.5) is 0 Å². The van der Waals surface area contributed by atoms with Crippen LogP contribution in [0.1, 0.15) is 96.9 Å². The second-order valence-corrected chi connectivity index (χ2v) is 14.6. The van der Waals surface area contributed by atoms with E-state index in [9.17, 15) is 19.2 Å². The summed E-state index contributed by atoms with van der Waals surface area (Å²) >= 11 is 0. The highest BCUT2D eigenvalue weighted by molar-refractivity contribution is 5.94. The van der Waals surface area contributed by atoms with Gasteiger partial charge in [0.25, 0.3) is 0 Å². The van der Waals surface area contributed by atoms with Gasteiger partial charge in [-0.25, -0.2) is 19.2 Å². The molecule has 0 saturated heterocycles. The van der Waals surface area contributed by atoms with Gasteiger partial charge in [0.1, 0.15) is 23.0 Å². The van der Waals surface area contributed by atoms with E-state index in [1.165, 1.54) is 0 Å². The largest absolute Gasteiger partial charge is 0.494 e. The number of benzene rings is 3. The predicted octanol–water partition coefficient (Wildman–Crippen LogP) is 10.2. The van der Waals surface area contributed by atoms with Crippen LogP contribution in [-0.4, -0.2) is 67.6 Å².